The summed E-state index contributed by atoms with van der Waals surface area (Å²) in [5.74, 6) is 0.838. The van der Waals surface area contributed by atoms with Crippen molar-refractivity contribution in [1.29, 1.82) is 0 Å². The molecule has 1 heterocycles. The van der Waals surface area contributed by atoms with E-state index in [1.807, 2.05) is 0 Å². The Labute approximate surface area is 112 Å². The van der Waals surface area contributed by atoms with Gasteiger partial charge in [0.05, 0.1) is 10.4 Å². The minimum absolute atomic E-state index is 0.0287. The number of hydrogen-bond donors (Lipinski definition) is 3. The topological polar surface area (TPSA) is 83.8 Å². The summed E-state index contributed by atoms with van der Waals surface area (Å²) < 4.78 is 0. The van der Waals surface area contributed by atoms with Crippen LogP contribution < -0.4 is 11.1 Å². The fourth-order valence-electron chi connectivity index (χ4n) is 2.46. The molecule has 0 bridgehead atoms. The van der Waals surface area contributed by atoms with Crippen LogP contribution in [-0.4, -0.2) is 27.4 Å². The lowest BCUT2D eigenvalue weighted by molar-refractivity contribution is -0.127. The molecule has 98 valence electrons. The van der Waals surface area contributed by atoms with Crippen LogP contribution in [0.3, 0.4) is 0 Å². The summed E-state index contributed by atoms with van der Waals surface area (Å²) in [4.78, 5) is 19.7. The number of H-pyrrole nitrogens is 1. The number of hydrogen-bond acceptors (Lipinski definition) is 3. The molecule has 18 heavy (non-hydrogen) atoms. The standard InChI is InChI=1S/C12H18N4OS/c13-10(18)12(4-1-2-5-12)11(17)16-6-3-9-14-7-8-15-9/h7-8H,1-6H2,(H2,13,18)(H,14,15)(H,16,17). The van der Waals surface area contributed by atoms with Crippen molar-refractivity contribution < 1.29 is 4.79 Å². The first-order valence-corrected chi connectivity index (χ1v) is 6.62. The molecule has 5 nitrogen and oxygen atoms in total. The second-order valence-electron chi connectivity index (χ2n) is 4.70. The second kappa shape index (κ2) is 5.48. The van der Waals surface area contributed by atoms with Crippen molar-refractivity contribution in [3.05, 3.63) is 18.2 Å². The number of thiocarbonyl (C=S) groups is 1. The Balaban J connectivity index is 1.88. The van der Waals surface area contributed by atoms with Gasteiger partial charge in [0.2, 0.25) is 5.91 Å². The van der Waals surface area contributed by atoms with E-state index in [1.165, 1.54) is 0 Å². The van der Waals surface area contributed by atoms with Crippen LogP contribution in [-0.2, 0) is 11.2 Å². The highest BCUT2D eigenvalue weighted by atomic mass is 32.1. The van der Waals surface area contributed by atoms with Crippen molar-refractivity contribution in [1.82, 2.24) is 15.3 Å². The first kappa shape index (κ1) is 13.0. The lowest BCUT2D eigenvalue weighted by atomic mass is 9.85. The minimum atomic E-state index is -0.613. The van der Waals surface area contributed by atoms with Crippen molar-refractivity contribution in [3.63, 3.8) is 0 Å². The van der Waals surface area contributed by atoms with E-state index in [-0.39, 0.29) is 5.91 Å². The van der Waals surface area contributed by atoms with Crippen LogP contribution in [0.5, 0.6) is 0 Å². The molecule has 1 aromatic rings. The molecule has 0 radical (unpaired) electrons. The molecule has 0 aliphatic heterocycles. The number of nitrogens with one attached hydrogen (secondary N) is 2. The van der Waals surface area contributed by atoms with Gasteiger partial charge in [-0.25, -0.2) is 4.98 Å². The third kappa shape index (κ3) is 2.53. The lowest BCUT2D eigenvalue weighted by Crippen LogP contribution is -2.47. The molecule has 0 atom stereocenters. The zero-order valence-corrected chi connectivity index (χ0v) is 11.1. The van der Waals surface area contributed by atoms with Crippen LogP contribution >= 0.6 is 12.2 Å². The molecule has 0 spiro atoms. The number of aromatic nitrogens is 2. The quantitative estimate of drug-likeness (QED) is 0.692. The summed E-state index contributed by atoms with van der Waals surface area (Å²) in [5, 5.41) is 2.92. The summed E-state index contributed by atoms with van der Waals surface area (Å²) in [7, 11) is 0. The Hall–Kier alpha value is -1.43. The smallest absolute Gasteiger partial charge is 0.233 e. The first-order chi connectivity index (χ1) is 8.65. The van der Waals surface area contributed by atoms with E-state index in [0.29, 0.717) is 18.0 Å². The molecule has 1 aliphatic rings. The van der Waals surface area contributed by atoms with E-state index in [9.17, 15) is 4.79 Å². The molecule has 4 N–H and O–H groups in total. The van der Waals surface area contributed by atoms with Crippen LogP contribution in [0.4, 0.5) is 0 Å². The van der Waals surface area contributed by atoms with E-state index in [4.69, 9.17) is 18.0 Å². The van der Waals surface area contributed by atoms with Crippen molar-refractivity contribution in [2.45, 2.75) is 32.1 Å². The van der Waals surface area contributed by atoms with E-state index in [1.54, 1.807) is 12.4 Å². The molecular weight excluding hydrogens is 248 g/mol. The molecule has 1 aromatic heterocycles. The van der Waals surface area contributed by atoms with Crippen LogP contribution in [0.2, 0.25) is 0 Å². The van der Waals surface area contributed by atoms with Gasteiger partial charge in [0.1, 0.15) is 5.82 Å². The fraction of sp³-hybridized carbons (Fsp3) is 0.583. The highest BCUT2D eigenvalue weighted by Gasteiger charge is 2.43. The van der Waals surface area contributed by atoms with E-state index in [0.717, 1.165) is 31.5 Å². The number of nitrogens with zero attached hydrogens (tertiary/aromatic N) is 1. The SMILES string of the molecule is NC(=S)C1(C(=O)NCCc2ncc[nH]2)CCCC1. The Bertz CT molecular complexity index is 423. The van der Waals surface area contributed by atoms with Crippen LogP contribution in [0.15, 0.2) is 12.4 Å². The zero-order valence-electron chi connectivity index (χ0n) is 10.2. The summed E-state index contributed by atoms with van der Waals surface area (Å²) in [5.41, 5.74) is 5.14. The van der Waals surface area contributed by atoms with Gasteiger partial charge < -0.3 is 16.0 Å². The van der Waals surface area contributed by atoms with Gasteiger partial charge >= 0.3 is 0 Å². The van der Waals surface area contributed by atoms with Gasteiger partial charge in [-0.1, -0.05) is 25.1 Å². The predicted molar refractivity (Wildman–Crippen MR) is 73.0 cm³/mol. The average molecular weight is 266 g/mol. The van der Waals surface area contributed by atoms with Gasteiger partial charge in [-0.3, -0.25) is 4.79 Å². The predicted octanol–water partition coefficient (Wildman–Crippen LogP) is 0.915. The Kier molecular flexibility index (Phi) is 3.96. The van der Waals surface area contributed by atoms with Crippen molar-refractivity contribution >= 4 is 23.1 Å². The monoisotopic (exact) mass is 266 g/mol. The molecule has 1 amide bonds. The number of imidazole rings is 1. The number of amides is 1. The molecule has 6 heteroatoms. The fourth-order valence-corrected chi connectivity index (χ4v) is 2.76. The minimum Gasteiger partial charge on any atom is -0.392 e. The maximum Gasteiger partial charge on any atom is 0.233 e. The third-order valence-corrected chi connectivity index (χ3v) is 3.96. The van der Waals surface area contributed by atoms with E-state index in [2.05, 4.69) is 15.3 Å². The largest absolute Gasteiger partial charge is 0.392 e. The third-order valence-electron chi connectivity index (χ3n) is 3.57. The normalized spacial score (nSPS) is 17.6. The highest BCUT2D eigenvalue weighted by molar-refractivity contribution is 7.80. The molecule has 0 unspecified atom stereocenters. The summed E-state index contributed by atoms with van der Waals surface area (Å²) in [6.07, 6.45) is 7.73. The lowest BCUT2D eigenvalue weighted by Gasteiger charge is -2.26. The molecule has 1 fully saturated rings. The van der Waals surface area contributed by atoms with Crippen molar-refractivity contribution in [2.24, 2.45) is 11.1 Å². The molecule has 0 saturated heterocycles. The van der Waals surface area contributed by atoms with Gasteiger partial charge in [0, 0.05) is 25.4 Å². The van der Waals surface area contributed by atoms with Gasteiger partial charge in [-0.2, -0.15) is 0 Å². The maximum atomic E-state index is 12.2. The number of nitrogens with two attached hydrogens (primary N) is 1. The highest BCUT2D eigenvalue weighted by Crippen LogP contribution is 2.38. The molecule has 0 aromatic carbocycles. The van der Waals surface area contributed by atoms with Gasteiger partial charge in [-0.05, 0) is 12.8 Å². The van der Waals surface area contributed by atoms with E-state index >= 15 is 0 Å². The first-order valence-electron chi connectivity index (χ1n) is 6.21. The number of carbonyl (C=O) groups is 1. The number of carbonyl (C=O) groups excluding carboxylic acids is 1. The Morgan fingerprint density at radius 2 is 2.28 bits per heavy atom. The van der Waals surface area contributed by atoms with Crippen molar-refractivity contribution in [2.75, 3.05) is 6.54 Å². The summed E-state index contributed by atoms with van der Waals surface area (Å²) in [6, 6.07) is 0. The van der Waals surface area contributed by atoms with Crippen LogP contribution in [0.1, 0.15) is 31.5 Å². The number of aromatic amines is 1. The van der Waals surface area contributed by atoms with Crippen LogP contribution in [0.25, 0.3) is 0 Å². The van der Waals surface area contributed by atoms with Crippen LogP contribution in [0, 0.1) is 5.41 Å². The second-order valence-corrected chi connectivity index (χ2v) is 5.14. The average Bonchev–Trinajstić information content (AvgIpc) is 3.00. The molecule has 1 aliphatic carbocycles. The zero-order chi connectivity index (χ0) is 13.0. The Morgan fingerprint density at radius 1 is 1.56 bits per heavy atom. The van der Waals surface area contributed by atoms with Gasteiger partial charge in [0.25, 0.3) is 0 Å². The summed E-state index contributed by atoms with van der Waals surface area (Å²) in [6.45, 7) is 0.552. The molecule has 1 saturated carbocycles. The molecule has 2 rings (SSSR count). The Morgan fingerprint density at radius 3 is 2.83 bits per heavy atom. The summed E-state index contributed by atoms with van der Waals surface area (Å²) >= 11 is 5.07. The molecular formula is C12H18N4OS. The van der Waals surface area contributed by atoms with Gasteiger partial charge in [0.15, 0.2) is 0 Å². The van der Waals surface area contributed by atoms with E-state index < -0.39 is 5.41 Å². The van der Waals surface area contributed by atoms with Crippen molar-refractivity contribution in [3.8, 4) is 0 Å². The number of rotatable bonds is 5. The maximum absolute atomic E-state index is 12.2. The van der Waals surface area contributed by atoms with Gasteiger partial charge in [-0.15, -0.1) is 0 Å².